The Balaban J connectivity index is 0.000000210. The maximum Gasteiger partial charge on any atom is 0.136 e. The number of rotatable bonds is 0. The predicted molar refractivity (Wildman–Crippen MR) is 180 cm³/mol. The maximum absolute atomic E-state index is 4.35. The molecule has 0 spiro atoms. The summed E-state index contributed by atoms with van der Waals surface area (Å²) in [6, 6.07) is 19.5. The number of hydrogen-bond donors (Lipinski definition) is 0. The third-order valence-electron chi connectivity index (χ3n) is 7.15. The van der Waals surface area contributed by atoms with Crippen molar-refractivity contribution in [2.45, 2.75) is 99.8 Å². The van der Waals surface area contributed by atoms with Crippen LogP contribution in [0.25, 0.3) is 11.2 Å². The molecule has 0 N–H and O–H groups in total. The molecule has 0 atom stereocenters. The first kappa shape index (κ1) is 33.5. The van der Waals surface area contributed by atoms with Gasteiger partial charge in [-0.15, -0.1) is 0 Å². The van der Waals surface area contributed by atoms with Crippen molar-refractivity contribution in [1.29, 1.82) is 0 Å². The van der Waals surface area contributed by atoms with E-state index in [-0.39, 0.29) is 31.1 Å². The molecule has 0 fully saturated rings. The van der Waals surface area contributed by atoms with Gasteiger partial charge >= 0.3 is 0 Å². The summed E-state index contributed by atoms with van der Waals surface area (Å²) in [5, 5.41) is 0. The molecule has 0 unspecified atom stereocenters. The predicted octanol–water partition coefficient (Wildman–Crippen LogP) is 10.4. The zero-order valence-corrected chi connectivity index (χ0v) is 25.2. The van der Waals surface area contributed by atoms with Gasteiger partial charge in [-0.05, 0) is 81.0 Å². The standard InChI is InChI=1S/2C12H15N.C11H14N2.2CH4/c1-12(2,3)10-5-4-9-6-7-13-11(9)8-10;1-12(2,3)10-6-8-13-7-4-5-11(13)9-10;1-11(2,3)9-4-6-13-7-5-12-10(13)8-9;;/h4-5,7-8H,6H2,1-3H3;4-9H,1-3H3;4-8H,1-3H3;2*1H4. The third kappa shape index (κ3) is 8.42. The van der Waals surface area contributed by atoms with E-state index in [1.54, 1.807) is 0 Å². The molecule has 0 aliphatic carbocycles. The number of aliphatic imine (C=N–C) groups is 1. The Kier molecular flexibility index (Phi) is 10.5. The van der Waals surface area contributed by atoms with Crippen molar-refractivity contribution in [2.75, 3.05) is 0 Å². The van der Waals surface area contributed by atoms with E-state index in [1.165, 1.54) is 27.8 Å². The van der Waals surface area contributed by atoms with Crippen LogP contribution in [0.2, 0.25) is 0 Å². The van der Waals surface area contributed by atoms with Crippen LogP contribution in [-0.2, 0) is 22.7 Å². The van der Waals surface area contributed by atoms with Gasteiger partial charge in [-0.2, -0.15) is 0 Å². The molecular formula is C37H52N4. The van der Waals surface area contributed by atoms with Gasteiger partial charge in [0.15, 0.2) is 0 Å². The van der Waals surface area contributed by atoms with E-state index >= 15 is 0 Å². The molecule has 0 bridgehead atoms. The van der Waals surface area contributed by atoms with Gasteiger partial charge in [0.25, 0.3) is 0 Å². The van der Waals surface area contributed by atoms with E-state index in [9.17, 15) is 0 Å². The molecule has 6 rings (SSSR count). The molecular weight excluding hydrogens is 500 g/mol. The molecule has 5 heterocycles. The quantitative estimate of drug-likeness (QED) is 0.188. The minimum absolute atomic E-state index is 0. The monoisotopic (exact) mass is 552 g/mol. The number of fused-ring (bicyclic) bond motifs is 3. The smallest absolute Gasteiger partial charge is 0.136 e. The summed E-state index contributed by atoms with van der Waals surface area (Å²) in [5.41, 5.74) is 9.56. The zero-order valence-electron chi connectivity index (χ0n) is 25.2. The highest BCUT2D eigenvalue weighted by atomic mass is 15.0. The Morgan fingerprint density at radius 1 is 0.610 bits per heavy atom. The summed E-state index contributed by atoms with van der Waals surface area (Å²) in [7, 11) is 0. The van der Waals surface area contributed by atoms with Gasteiger partial charge in [-0.25, -0.2) is 4.98 Å². The summed E-state index contributed by atoms with van der Waals surface area (Å²) in [6.07, 6.45) is 13.0. The molecule has 5 aromatic rings. The van der Waals surface area contributed by atoms with Gasteiger partial charge in [0.2, 0.25) is 0 Å². The zero-order chi connectivity index (χ0) is 28.4. The van der Waals surface area contributed by atoms with Gasteiger partial charge in [-0.1, -0.05) is 89.3 Å². The van der Waals surface area contributed by atoms with E-state index in [1.807, 2.05) is 23.0 Å². The minimum Gasteiger partial charge on any atom is -0.324 e. The van der Waals surface area contributed by atoms with Crippen LogP contribution in [0.15, 0.2) is 90.6 Å². The van der Waals surface area contributed by atoms with Crippen molar-refractivity contribution >= 4 is 23.1 Å². The van der Waals surface area contributed by atoms with Crippen molar-refractivity contribution in [3.63, 3.8) is 0 Å². The fourth-order valence-corrected chi connectivity index (χ4v) is 4.44. The van der Waals surface area contributed by atoms with Crippen molar-refractivity contribution < 1.29 is 0 Å². The van der Waals surface area contributed by atoms with Gasteiger partial charge in [-0.3, -0.25) is 4.99 Å². The number of imidazole rings is 1. The van der Waals surface area contributed by atoms with E-state index < -0.39 is 0 Å². The van der Waals surface area contributed by atoms with E-state index in [2.05, 4.69) is 150 Å². The van der Waals surface area contributed by atoms with Gasteiger partial charge in [0.1, 0.15) is 5.65 Å². The number of nitrogens with zero attached hydrogens (tertiary/aromatic N) is 4. The molecule has 4 nitrogen and oxygen atoms in total. The Bertz CT molecular complexity index is 1490. The molecule has 0 amide bonds. The lowest BCUT2D eigenvalue weighted by molar-refractivity contribution is 0.589. The summed E-state index contributed by atoms with van der Waals surface area (Å²) >= 11 is 0. The second kappa shape index (κ2) is 12.9. The number of aromatic nitrogens is 3. The highest BCUT2D eigenvalue weighted by molar-refractivity contribution is 5.76. The van der Waals surface area contributed by atoms with Crippen molar-refractivity contribution in [2.24, 2.45) is 4.99 Å². The summed E-state index contributed by atoms with van der Waals surface area (Å²) in [4.78, 5) is 8.60. The summed E-state index contributed by atoms with van der Waals surface area (Å²) in [5.74, 6) is 0. The van der Waals surface area contributed by atoms with Gasteiger partial charge < -0.3 is 8.80 Å². The maximum atomic E-state index is 4.35. The highest BCUT2D eigenvalue weighted by Gasteiger charge is 2.16. The van der Waals surface area contributed by atoms with E-state index in [4.69, 9.17) is 0 Å². The van der Waals surface area contributed by atoms with Crippen LogP contribution in [0.4, 0.5) is 5.69 Å². The molecule has 1 aliphatic heterocycles. The normalized spacial score (nSPS) is 12.4. The molecule has 0 saturated heterocycles. The number of hydrogen-bond acceptors (Lipinski definition) is 2. The minimum atomic E-state index is 0. The first-order valence-corrected chi connectivity index (χ1v) is 13.9. The van der Waals surface area contributed by atoms with Crippen LogP contribution >= 0.6 is 0 Å². The van der Waals surface area contributed by atoms with Crippen LogP contribution < -0.4 is 0 Å². The van der Waals surface area contributed by atoms with Crippen molar-refractivity contribution in [3.8, 4) is 0 Å². The molecule has 220 valence electrons. The van der Waals surface area contributed by atoms with E-state index in [0.717, 1.165) is 17.8 Å². The lowest BCUT2D eigenvalue weighted by Gasteiger charge is -2.19. The van der Waals surface area contributed by atoms with Crippen molar-refractivity contribution in [1.82, 2.24) is 13.8 Å². The SMILES string of the molecule is C.C.CC(C)(C)c1ccc2c(c1)N=CC2.CC(C)(C)c1ccn2cccc2c1.CC(C)(C)c1ccn2ccnc2c1. The lowest BCUT2D eigenvalue weighted by Crippen LogP contribution is -2.11. The average Bonchev–Trinajstić information content (AvgIpc) is 3.62. The lowest BCUT2D eigenvalue weighted by atomic mass is 9.86. The van der Waals surface area contributed by atoms with Gasteiger partial charge in [0.05, 0.1) is 5.69 Å². The largest absolute Gasteiger partial charge is 0.324 e. The summed E-state index contributed by atoms with van der Waals surface area (Å²) in [6.45, 7) is 20.0. The number of benzene rings is 1. The average molecular weight is 553 g/mol. The van der Waals surface area contributed by atoms with E-state index in [0.29, 0.717) is 0 Å². The molecule has 0 radical (unpaired) electrons. The Hall–Kier alpha value is -3.66. The molecule has 0 saturated carbocycles. The molecule has 4 aromatic heterocycles. The van der Waals surface area contributed by atoms with Gasteiger partial charge in [0, 0.05) is 49.1 Å². The second-order valence-corrected chi connectivity index (χ2v) is 13.5. The van der Waals surface area contributed by atoms with Crippen LogP contribution in [0.1, 0.15) is 99.4 Å². The Morgan fingerprint density at radius 2 is 1.20 bits per heavy atom. The molecule has 41 heavy (non-hydrogen) atoms. The Labute approximate surface area is 249 Å². The fourth-order valence-electron chi connectivity index (χ4n) is 4.44. The second-order valence-electron chi connectivity index (χ2n) is 13.5. The molecule has 1 aliphatic rings. The Morgan fingerprint density at radius 3 is 1.83 bits per heavy atom. The third-order valence-corrected chi connectivity index (χ3v) is 7.15. The van der Waals surface area contributed by atoms with Crippen LogP contribution in [-0.4, -0.2) is 20.0 Å². The topological polar surface area (TPSA) is 34.1 Å². The number of pyridine rings is 2. The van der Waals surface area contributed by atoms with Crippen LogP contribution in [0.5, 0.6) is 0 Å². The van der Waals surface area contributed by atoms with Crippen LogP contribution in [0, 0.1) is 0 Å². The first-order valence-electron chi connectivity index (χ1n) is 13.9. The summed E-state index contributed by atoms with van der Waals surface area (Å²) < 4.78 is 4.16. The van der Waals surface area contributed by atoms with Crippen LogP contribution in [0.3, 0.4) is 0 Å². The molecule has 4 heteroatoms. The molecule has 1 aromatic carbocycles. The highest BCUT2D eigenvalue weighted by Crippen LogP contribution is 2.31. The first-order chi connectivity index (χ1) is 18.2. The van der Waals surface area contributed by atoms with Crippen molar-refractivity contribution in [3.05, 3.63) is 108 Å². The fraction of sp³-hybridized carbons (Fsp3) is 0.405.